The van der Waals surface area contributed by atoms with Crippen molar-refractivity contribution >= 4 is 17.5 Å². The fourth-order valence-corrected chi connectivity index (χ4v) is 3.49. The van der Waals surface area contributed by atoms with Gasteiger partial charge in [-0.3, -0.25) is 0 Å². The highest BCUT2D eigenvalue weighted by molar-refractivity contribution is 7.04. The lowest BCUT2D eigenvalue weighted by Gasteiger charge is -2.14. The van der Waals surface area contributed by atoms with E-state index in [2.05, 4.69) is 4.37 Å². The van der Waals surface area contributed by atoms with Gasteiger partial charge in [-0.05, 0) is 41.4 Å². The summed E-state index contributed by atoms with van der Waals surface area (Å²) in [6.07, 6.45) is 0. The fraction of sp³-hybridized carbons (Fsp3) is 0.200. The molecule has 0 aliphatic heterocycles. The number of aromatic nitrogens is 1. The summed E-state index contributed by atoms with van der Waals surface area (Å²) in [4.78, 5) is 12.1. The summed E-state index contributed by atoms with van der Waals surface area (Å²) in [5.74, 6) is 0.993. The van der Waals surface area contributed by atoms with Gasteiger partial charge in [0, 0.05) is 16.5 Å². The van der Waals surface area contributed by atoms with Crippen molar-refractivity contribution in [1.82, 2.24) is 4.37 Å². The Morgan fingerprint density at radius 2 is 1.52 bits per heavy atom. The largest absolute Gasteiger partial charge is 0.497 e. The van der Waals surface area contributed by atoms with Crippen LogP contribution in [-0.4, -0.2) is 38.8 Å². The molecular formula is C20H19NO5S. The van der Waals surface area contributed by atoms with Gasteiger partial charge in [0.1, 0.15) is 22.8 Å². The van der Waals surface area contributed by atoms with Crippen molar-refractivity contribution in [3.05, 3.63) is 47.3 Å². The van der Waals surface area contributed by atoms with Crippen molar-refractivity contribution in [2.24, 2.45) is 0 Å². The Kier molecular flexibility index (Phi) is 5.61. The summed E-state index contributed by atoms with van der Waals surface area (Å²) in [6.45, 7) is 0. The summed E-state index contributed by atoms with van der Waals surface area (Å²) in [6, 6.07) is 11.3. The highest BCUT2D eigenvalue weighted by atomic mass is 32.1. The van der Waals surface area contributed by atoms with Gasteiger partial charge >= 0.3 is 5.97 Å². The van der Waals surface area contributed by atoms with Crippen LogP contribution in [0.25, 0.3) is 22.4 Å². The first-order chi connectivity index (χ1) is 13.1. The molecule has 0 saturated carbocycles. The Bertz CT molecular complexity index is 924. The molecule has 6 nitrogen and oxygen atoms in total. The number of carbonyl (C=O) groups is 1. The minimum atomic E-state index is -0.524. The number of hydrogen-bond acceptors (Lipinski definition) is 7. The maximum absolute atomic E-state index is 12.1. The van der Waals surface area contributed by atoms with Gasteiger partial charge in [-0.1, -0.05) is 12.1 Å². The van der Waals surface area contributed by atoms with Crippen LogP contribution in [0.4, 0.5) is 0 Å². The molecule has 0 unspecified atom stereocenters. The maximum Gasteiger partial charge on any atom is 0.345 e. The van der Waals surface area contributed by atoms with Gasteiger partial charge in [-0.25, -0.2) is 4.79 Å². The van der Waals surface area contributed by atoms with Gasteiger partial charge < -0.3 is 18.9 Å². The first kappa shape index (κ1) is 18.7. The quantitative estimate of drug-likeness (QED) is 0.590. The number of esters is 1. The van der Waals surface area contributed by atoms with Crippen molar-refractivity contribution < 1.29 is 23.7 Å². The highest BCUT2D eigenvalue weighted by Gasteiger charge is 2.22. The van der Waals surface area contributed by atoms with E-state index >= 15 is 0 Å². The van der Waals surface area contributed by atoms with Crippen molar-refractivity contribution in [3.63, 3.8) is 0 Å². The van der Waals surface area contributed by atoms with Gasteiger partial charge in [0.2, 0.25) is 0 Å². The van der Waals surface area contributed by atoms with E-state index in [1.807, 2.05) is 29.6 Å². The molecule has 0 bridgehead atoms. The van der Waals surface area contributed by atoms with Crippen molar-refractivity contribution in [1.29, 1.82) is 0 Å². The second-order valence-corrected chi connectivity index (χ2v) is 6.18. The van der Waals surface area contributed by atoms with Crippen LogP contribution in [0.3, 0.4) is 0 Å². The number of benzene rings is 2. The van der Waals surface area contributed by atoms with Crippen LogP contribution in [-0.2, 0) is 4.74 Å². The topological polar surface area (TPSA) is 66.9 Å². The monoisotopic (exact) mass is 385 g/mol. The zero-order valence-corrected chi connectivity index (χ0v) is 16.3. The summed E-state index contributed by atoms with van der Waals surface area (Å²) in [5.41, 5.74) is 3.78. The molecule has 3 rings (SSSR count). The van der Waals surface area contributed by atoms with Crippen molar-refractivity contribution in [3.8, 4) is 39.6 Å². The third kappa shape index (κ3) is 3.59. The normalized spacial score (nSPS) is 10.4. The molecule has 0 spiro atoms. The summed E-state index contributed by atoms with van der Waals surface area (Å²) >= 11 is 1.35. The van der Waals surface area contributed by atoms with Crippen molar-refractivity contribution in [2.75, 3.05) is 28.4 Å². The van der Waals surface area contributed by atoms with Crippen LogP contribution >= 0.6 is 11.5 Å². The number of hydrogen-bond donors (Lipinski definition) is 0. The van der Waals surface area contributed by atoms with E-state index in [1.165, 1.54) is 32.9 Å². The van der Waals surface area contributed by atoms with E-state index in [4.69, 9.17) is 18.9 Å². The maximum atomic E-state index is 12.1. The van der Waals surface area contributed by atoms with Gasteiger partial charge in [0.25, 0.3) is 0 Å². The number of methoxy groups -OCH3 is 4. The van der Waals surface area contributed by atoms with Crippen LogP contribution in [0, 0.1) is 0 Å². The van der Waals surface area contributed by atoms with Crippen LogP contribution in [0.2, 0.25) is 0 Å². The van der Waals surface area contributed by atoms with Crippen LogP contribution in [0.15, 0.2) is 41.8 Å². The average molecular weight is 385 g/mol. The van der Waals surface area contributed by atoms with E-state index < -0.39 is 5.97 Å². The average Bonchev–Trinajstić information content (AvgIpc) is 3.22. The predicted octanol–water partition coefficient (Wildman–Crippen LogP) is 4.29. The molecule has 1 heterocycles. The molecule has 0 atom stereocenters. The van der Waals surface area contributed by atoms with E-state index in [9.17, 15) is 4.79 Å². The Balaban J connectivity index is 2.12. The van der Waals surface area contributed by atoms with Crippen LogP contribution in [0.5, 0.6) is 17.2 Å². The third-order valence-electron chi connectivity index (χ3n) is 4.14. The lowest BCUT2D eigenvalue weighted by Crippen LogP contribution is -2.07. The molecule has 0 saturated heterocycles. The second-order valence-electron chi connectivity index (χ2n) is 5.55. The fourth-order valence-electron chi connectivity index (χ4n) is 2.77. The molecule has 1 aromatic heterocycles. The number of carbonyl (C=O) groups excluding carboxylic acids is 1. The molecule has 0 N–H and O–H groups in total. The van der Waals surface area contributed by atoms with Crippen LogP contribution in [0.1, 0.15) is 10.4 Å². The smallest absolute Gasteiger partial charge is 0.345 e. The molecule has 27 heavy (non-hydrogen) atoms. The molecular weight excluding hydrogens is 366 g/mol. The van der Waals surface area contributed by atoms with E-state index in [1.54, 1.807) is 19.2 Å². The molecule has 0 aliphatic rings. The van der Waals surface area contributed by atoms with Gasteiger partial charge in [-0.15, -0.1) is 0 Å². The van der Waals surface area contributed by atoms with Crippen LogP contribution < -0.4 is 14.2 Å². The first-order valence-corrected chi connectivity index (χ1v) is 8.90. The highest BCUT2D eigenvalue weighted by Crippen LogP contribution is 2.39. The minimum absolute atomic E-state index is 0.243. The number of rotatable bonds is 6. The van der Waals surface area contributed by atoms with Gasteiger partial charge in [0.05, 0.1) is 34.1 Å². The van der Waals surface area contributed by atoms with Crippen molar-refractivity contribution in [2.45, 2.75) is 0 Å². The van der Waals surface area contributed by atoms with Gasteiger partial charge in [-0.2, -0.15) is 4.37 Å². The van der Waals surface area contributed by atoms with E-state index in [0.717, 1.165) is 28.1 Å². The third-order valence-corrected chi connectivity index (χ3v) is 4.77. The molecule has 0 aliphatic carbocycles. The molecule has 3 aromatic rings. The summed E-state index contributed by atoms with van der Waals surface area (Å²) in [5, 5.41) is 1.98. The van der Waals surface area contributed by atoms with E-state index in [-0.39, 0.29) is 5.56 Å². The van der Waals surface area contributed by atoms with Gasteiger partial charge in [0.15, 0.2) is 0 Å². The molecule has 2 aromatic carbocycles. The first-order valence-electron chi connectivity index (χ1n) is 8.06. The second kappa shape index (κ2) is 8.09. The van der Waals surface area contributed by atoms with E-state index in [0.29, 0.717) is 11.5 Å². The predicted molar refractivity (Wildman–Crippen MR) is 104 cm³/mol. The zero-order valence-electron chi connectivity index (χ0n) is 15.4. The summed E-state index contributed by atoms with van der Waals surface area (Å²) < 4.78 is 25.4. The summed E-state index contributed by atoms with van der Waals surface area (Å²) in [7, 11) is 5.94. The molecule has 0 radical (unpaired) electrons. The standard InChI is InChI=1S/C20H19NO5S/c1-23-14-7-5-12(6-8-14)15-11-27-21-19(15)13-9-16(24-2)18(20(22)26-4)17(10-13)25-3/h5-11H,1-4H3. The lowest BCUT2D eigenvalue weighted by atomic mass is 9.99. The Morgan fingerprint density at radius 3 is 2.04 bits per heavy atom. The Hall–Kier alpha value is -3.06. The Labute approximate surface area is 161 Å². The number of nitrogens with zero attached hydrogens (tertiary/aromatic N) is 1. The molecule has 140 valence electrons. The molecule has 0 fully saturated rings. The minimum Gasteiger partial charge on any atom is -0.497 e. The molecule has 7 heteroatoms. The number of ether oxygens (including phenoxy) is 4. The zero-order chi connectivity index (χ0) is 19.4. The lowest BCUT2D eigenvalue weighted by molar-refractivity contribution is 0.0593. The molecule has 0 amide bonds. The Morgan fingerprint density at radius 1 is 0.889 bits per heavy atom. The SMILES string of the molecule is COC(=O)c1c(OC)cc(-c2nscc2-c2ccc(OC)cc2)cc1OC.